The lowest BCUT2D eigenvalue weighted by Crippen LogP contribution is -2.36. The molecule has 1 amide bonds. The second kappa shape index (κ2) is 10.1. The smallest absolute Gasteiger partial charge is 0.251 e. The summed E-state index contributed by atoms with van der Waals surface area (Å²) in [5.74, 6) is 1.89. The Kier molecular flexibility index (Phi) is 7.51. The minimum Gasteiger partial charge on any atom is -0.350 e. The minimum atomic E-state index is -3.77. The van der Waals surface area contributed by atoms with E-state index in [-0.39, 0.29) is 29.0 Å². The Morgan fingerprint density at radius 1 is 1.17 bits per heavy atom. The molecule has 0 radical (unpaired) electrons. The number of nitrogens with zero attached hydrogens (tertiary/aromatic N) is 1. The highest BCUT2D eigenvalue weighted by Crippen LogP contribution is 2.26. The first-order valence-corrected chi connectivity index (χ1v) is 11.6. The predicted octanol–water partition coefficient (Wildman–Crippen LogP) is 2.82. The number of nitrogens with one attached hydrogen (secondary N) is 2. The second-order valence-electron chi connectivity index (χ2n) is 7.08. The van der Waals surface area contributed by atoms with Gasteiger partial charge in [0.1, 0.15) is 0 Å². The Bertz CT molecular complexity index is 1040. The topological polar surface area (TPSA) is 78.5 Å². The molecule has 0 aromatic heterocycles. The van der Waals surface area contributed by atoms with Crippen LogP contribution in [0.4, 0.5) is 0 Å². The van der Waals surface area contributed by atoms with Gasteiger partial charge >= 0.3 is 0 Å². The van der Waals surface area contributed by atoms with Crippen LogP contribution < -0.4 is 10.0 Å². The maximum Gasteiger partial charge on any atom is 0.251 e. The third-order valence-electron chi connectivity index (χ3n) is 5.04. The first kappa shape index (κ1) is 22.3. The summed E-state index contributed by atoms with van der Waals surface area (Å²) in [6.45, 7) is 2.20. The molecule has 158 valence electrons. The summed E-state index contributed by atoms with van der Waals surface area (Å²) in [6, 6.07) is 13.5. The Labute approximate surface area is 182 Å². The number of rotatable bonds is 8. The molecule has 1 saturated heterocycles. The van der Waals surface area contributed by atoms with Crippen LogP contribution in [0.5, 0.6) is 0 Å². The molecule has 0 spiro atoms. The number of hydrogen-bond donors (Lipinski definition) is 2. The van der Waals surface area contributed by atoms with Crippen molar-refractivity contribution in [2.45, 2.75) is 23.8 Å². The van der Waals surface area contributed by atoms with Crippen molar-refractivity contribution in [2.75, 3.05) is 26.2 Å². The van der Waals surface area contributed by atoms with E-state index in [1.165, 1.54) is 18.2 Å². The molecule has 1 heterocycles. The van der Waals surface area contributed by atoms with E-state index < -0.39 is 10.0 Å². The summed E-state index contributed by atoms with van der Waals surface area (Å²) in [7, 11) is -3.77. The van der Waals surface area contributed by atoms with Gasteiger partial charge in [0.05, 0.1) is 17.5 Å². The van der Waals surface area contributed by atoms with Gasteiger partial charge < -0.3 is 5.32 Å². The van der Waals surface area contributed by atoms with Gasteiger partial charge in [-0.1, -0.05) is 35.7 Å². The normalized spacial score (nSPS) is 15.5. The molecule has 1 aliphatic rings. The average Bonchev–Trinajstić information content (AvgIpc) is 3.27. The summed E-state index contributed by atoms with van der Waals surface area (Å²) in [5, 5.41) is 3.60. The van der Waals surface area contributed by atoms with E-state index in [0.29, 0.717) is 11.6 Å². The lowest BCUT2D eigenvalue weighted by molar-refractivity contribution is 0.0937. The van der Waals surface area contributed by atoms with Crippen molar-refractivity contribution in [2.24, 2.45) is 0 Å². The fourth-order valence-electron chi connectivity index (χ4n) is 3.54. The lowest BCUT2D eigenvalue weighted by atomic mass is 10.1. The van der Waals surface area contributed by atoms with E-state index in [2.05, 4.69) is 20.9 Å². The van der Waals surface area contributed by atoms with Crippen molar-refractivity contribution in [3.63, 3.8) is 0 Å². The molecule has 2 N–H and O–H groups in total. The molecule has 0 aliphatic carbocycles. The predicted molar refractivity (Wildman–Crippen MR) is 118 cm³/mol. The van der Waals surface area contributed by atoms with Crippen LogP contribution in [0.2, 0.25) is 5.02 Å². The van der Waals surface area contributed by atoms with Crippen molar-refractivity contribution in [3.05, 3.63) is 64.7 Å². The molecule has 1 aliphatic heterocycles. The third kappa shape index (κ3) is 5.61. The Balaban J connectivity index is 1.74. The molecule has 3 rings (SSSR count). The molecule has 2 aromatic rings. The van der Waals surface area contributed by atoms with Crippen LogP contribution in [0.3, 0.4) is 0 Å². The first-order chi connectivity index (χ1) is 14.4. The van der Waals surface area contributed by atoms with Gasteiger partial charge in [-0.3, -0.25) is 9.69 Å². The maximum atomic E-state index is 12.8. The highest BCUT2D eigenvalue weighted by Gasteiger charge is 2.24. The van der Waals surface area contributed by atoms with Crippen molar-refractivity contribution in [1.82, 2.24) is 14.9 Å². The van der Waals surface area contributed by atoms with E-state index in [1.54, 1.807) is 6.07 Å². The molecule has 1 unspecified atom stereocenters. The Hall–Kier alpha value is -2.37. The SMILES string of the molecule is C#CCNS(=O)(=O)c1cccc(C(=O)NCC(c2cccc(Cl)c2)N2CCCC2)c1. The van der Waals surface area contributed by atoms with Gasteiger partial charge in [-0.15, -0.1) is 6.42 Å². The molecule has 0 bridgehead atoms. The number of sulfonamides is 1. The van der Waals surface area contributed by atoms with Crippen molar-refractivity contribution < 1.29 is 13.2 Å². The van der Waals surface area contributed by atoms with Crippen LogP contribution in [-0.2, 0) is 10.0 Å². The molecule has 1 fully saturated rings. The molecular formula is C22H24ClN3O3S. The second-order valence-corrected chi connectivity index (χ2v) is 9.28. The van der Waals surface area contributed by atoms with Gasteiger partial charge in [-0.05, 0) is 61.8 Å². The van der Waals surface area contributed by atoms with E-state index in [9.17, 15) is 13.2 Å². The largest absolute Gasteiger partial charge is 0.350 e. The van der Waals surface area contributed by atoms with Gasteiger partial charge in [0.15, 0.2) is 0 Å². The van der Waals surface area contributed by atoms with E-state index in [1.807, 2.05) is 24.3 Å². The molecule has 30 heavy (non-hydrogen) atoms. The fourth-order valence-corrected chi connectivity index (χ4v) is 4.72. The van der Waals surface area contributed by atoms with Crippen LogP contribution in [0, 0.1) is 12.3 Å². The van der Waals surface area contributed by atoms with Crippen LogP contribution in [-0.4, -0.2) is 45.4 Å². The maximum absolute atomic E-state index is 12.8. The number of likely N-dealkylation sites (tertiary alicyclic amines) is 1. The fraction of sp³-hybridized carbons (Fsp3) is 0.318. The van der Waals surface area contributed by atoms with Gasteiger partial charge in [0.25, 0.3) is 5.91 Å². The molecule has 2 aromatic carbocycles. The van der Waals surface area contributed by atoms with Gasteiger partial charge in [-0.25, -0.2) is 8.42 Å². The van der Waals surface area contributed by atoms with Gasteiger partial charge in [-0.2, -0.15) is 4.72 Å². The highest BCUT2D eigenvalue weighted by molar-refractivity contribution is 7.89. The summed E-state index contributed by atoms with van der Waals surface area (Å²) in [4.78, 5) is 15.1. The summed E-state index contributed by atoms with van der Waals surface area (Å²) >= 11 is 6.17. The van der Waals surface area contributed by atoms with Crippen LogP contribution in [0.1, 0.15) is 34.8 Å². The zero-order valence-electron chi connectivity index (χ0n) is 16.5. The average molecular weight is 446 g/mol. The highest BCUT2D eigenvalue weighted by atomic mass is 35.5. The van der Waals surface area contributed by atoms with Crippen LogP contribution in [0.15, 0.2) is 53.4 Å². The summed E-state index contributed by atoms with van der Waals surface area (Å²) in [5.41, 5.74) is 1.31. The van der Waals surface area contributed by atoms with Crippen LogP contribution in [0.25, 0.3) is 0 Å². The quantitative estimate of drug-likeness (QED) is 0.612. The minimum absolute atomic E-state index is 0.000592. The molecule has 6 nitrogen and oxygen atoms in total. The van der Waals surface area contributed by atoms with Gasteiger partial charge in [0, 0.05) is 17.1 Å². The number of hydrogen-bond acceptors (Lipinski definition) is 4. The summed E-state index contributed by atoms with van der Waals surface area (Å²) in [6.07, 6.45) is 7.36. The number of amides is 1. The zero-order valence-corrected chi connectivity index (χ0v) is 18.0. The van der Waals surface area contributed by atoms with Crippen molar-refractivity contribution >= 4 is 27.5 Å². The Morgan fingerprint density at radius 2 is 1.90 bits per heavy atom. The zero-order chi connectivity index (χ0) is 21.6. The Morgan fingerprint density at radius 3 is 2.60 bits per heavy atom. The monoisotopic (exact) mass is 445 g/mol. The molecule has 0 saturated carbocycles. The van der Waals surface area contributed by atoms with Crippen molar-refractivity contribution in [3.8, 4) is 12.3 Å². The standard InChI is InChI=1S/C22H24ClN3O3S/c1-2-11-25-30(28,29)20-10-6-8-18(15-20)22(27)24-16-21(26-12-3-4-13-26)17-7-5-9-19(23)14-17/h1,5-10,14-15,21,25H,3-4,11-13,16H2,(H,24,27). The van der Waals surface area contributed by atoms with Crippen LogP contribution >= 0.6 is 11.6 Å². The molecular weight excluding hydrogens is 422 g/mol. The number of carbonyl (C=O) groups is 1. The molecule has 8 heteroatoms. The number of halogens is 1. The number of carbonyl (C=O) groups excluding carboxylic acids is 1. The number of benzene rings is 2. The van der Waals surface area contributed by atoms with Crippen molar-refractivity contribution in [1.29, 1.82) is 0 Å². The lowest BCUT2D eigenvalue weighted by Gasteiger charge is -2.28. The number of terminal acetylenes is 1. The van der Waals surface area contributed by atoms with E-state index >= 15 is 0 Å². The van der Waals surface area contributed by atoms with E-state index in [0.717, 1.165) is 31.5 Å². The van der Waals surface area contributed by atoms with Gasteiger partial charge in [0.2, 0.25) is 10.0 Å². The third-order valence-corrected chi connectivity index (χ3v) is 6.68. The summed E-state index contributed by atoms with van der Waals surface area (Å²) < 4.78 is 26.8. The first-order valence-electron chi connectivity index (χ1n) is 9.71. The molecule has 1 atom stereocenters. The van der Waals surface area contributed by atoms with E-state index in [4.69, 9.17) is 18.0 Å².